The van der Waals surface area contributed by atoms with E-state index in [4.69, 9.17) is 4.74 Å². The van der Waals surface area contributed by atoms with E-state index in [1.54, 1.807) is 6.20 Å². The molecule has 1 N–H and O–H groups in total. The Kier molecular flexibility index (Phi) is 4.58. The molecule has 6 heteroatoms. The van der Waals surface area contributed by atoms with Crippen LogP contribution in [0.15, 0.2) is 48.8 Å². The molecule has 3 heterocycles. The first-order chi connectivity index (χ1) is 12.7. The number of ether oxygens (including phenoxy) is 1. The molecule has 0 saturated carbocycles. The summed E-state index contributed by atoms with van der Waals surface area (Å²) < 4.78 is 7.26. The summed E-state index contributed by atoms with van der Waals surface area (Å²) in [6.07, 6.45) is 3.72. The molecule has 0 radical (unpaired) electrons. The zero-order valence-electron chi connectivity index (χ0n) is 14.8. The first-order valence-corrected chi connectivity index (χ1v) is 8.84. The van der Waals surface area contributed by atoms with Crippen LogP contribution in [0.4, 0.5) is 5.69 Å². The molecule has 2 aromatic heterocycles. The first-order valence-electron chi connectivity index (χ1n) is 8.84. The highest BCUT2D eigenvalue weighted by Crippen LogP contribution is 2.16. The average Bonchev–Trinajstić information content (AvgIpc) is 3.10. The van der Waals surface area contributed by atoms with Crippen LogP contribution in [0.3, 0.4) is 0 Å². The molecule has 6 nitrogen and oxygen atoms in total. The first kappa shape index (κ1) is 16.6. The van der Waals surface area contributed by atoms with Crippen molar-refractivity contribution in [1.29, 1.82) is 0 Å². The Labute approximate surface area is 152 Å². The topological polar surface area (TPSA) is 58.9 Å². The zero-order chi connectivity index (χ0) is 17.9. The summed E-state index contributed by atoms with van der Waals surface area (Å²) in [7, 11) is 0. The van der Waals surface area contributed by atoms with Crippen LogP contribution in [0.25, 0.3) is 5.65 Å². The molecular weight excluding hydrogens is 328 g/mol. The zero-order valence-corrected chi connectivity index (χ0v) is 14.8. The van der Waals surface area contributed by atoms with Gasteiger partial charge in [-0.05, 0) is 36.2 Å². The second-order valence-corrected chi connectivity index (χ2v) is 6.55. The third kappa shape index (κ3) is 3.55. The summed E-state index contributed by atoms with van der Waals surface area (Å²) in [4.78, 5) is 19.1. The fourth-order valence-corrected chi connectivity index (χ4v) is 3.13. The number of hydrogen-bond donors (Lipinski definition) is 1. The Morgan fingerprint density at radius 1 is 1.12 bits per heavy atom. The van der Waals surface area contributed by atoms with E-state index in [0.29, 0.717) is 12.2 Å². The van der Waals surface area contributed by atoms with Crippen molar-refractivity contribution in [2.24, 2.45) is 0 Å². The van der Waals surface area contributed by atoms with Crippen LogP contribution in [0, 0.1) is 6.92 Å². The molecule has 1 aliphatic heterocycles. The molecule has 26 heavy (non-hydrogen) atoms. The number of fused-ring (bicyclic) bond motifs is 1. The van der Waals surface area contributed by atoms with Crippen LogP contribution >= 0.6 is 0 Å². The van der Waals surface area contributed by atoms with Crippen LogP contribution in [-0.2, 0) is 11.3 Å². The number of carbonyl (C=O) groups is 1. The number of imidazole rings is 1. The minimum absolute atomic E-state index is 0.163. The third-order valence-electron chi connectivity index (χ3n) is 4.60. The van der Waals surface area contributed by atoms with Crippen molar-refractivity contribution in [3.63, 3.8) is 0 Å². The van der Waals surface area contributed by atoms with E-state index in [1.165, 1.54) is 5.69 Å². The van der Waals surface area contributed by atoms with Gasteiger partial charge in [-0.1, -0.05) is 18.2 Å². The summed E-state index contributed by atoms with van der Waals surface area (Å²) in [5, 5.41) is 2.94. The number of aromatic nitrogens is 2. The lowest BCUT2D eigenvalue weighted by molar-refractivity contribution is 0.0946. The maximum atomic E-state index is 12.4. The van der Waals surface area contributed by atoms with Gasteiger partial charge >= 0.3 is 0 Å². The largest absolute Gasteiger partial charge is 0.378 e. The molecule has 1 aromatic carbocycles. The highest BCUT2D eigenvalue weighted by Gasteiger charge is 2.12. The van der Waals surface area contributed by atoms with Crippen LogP contribution in [-0.4, -0.2) is 41.6 Å². The third-order valence-corrected chi connectivity index (χ3v) is 4.60. The average molecular weight is 350 g/mol. The summed E-state index contributed by atoms with van der Waals surface area (Å²) in [6, 6.07) is 12.2. The predicted octanol–water partition coefficient (Wildman–Crippen LogP) is 2.41. The predicted molar refractivity (Wildman–Crippen MR) is 101 cm³/mol. The second kappa shape index (κ2) is 7.17. The Balaban J connectivity index is 1.38. The second-order valence-electron chi connectivity index (χ2n) is 6.55. The number of morpholine rings is 1. The summed E-state index contributed by atoms with van der Waals surface area (Å²) in [5.41, 5.74) is 4.59. The minimum Gasteiger partial charge on any atom is -0.378 e. The number of anilines is 1. The number of nitrogens with one attached hydrogen (secondary N) is 1. The molecule has 1 aliphatic rings. The van der Waals surface area contributed by atoms with Crippen molar-refractivity contribution < 1.29 is 9.53 Å². The fraction of sp³-hybridized carbons (Fsp3) is 0.300. The van der Waals surface area contributed by atoms with Gasteiger partial charge in [0.1, 0.15) is 11.3 Å². The van der Waals surface area contributed by atoms with E-state index in [9.17, 15) is 4.79 Å². The Morgan fingerprint density at radius 2 is 1.88 bits per heavy atom. The summed E-state index contributed by atoms with van der Waals surface area (Å²) in [6.45, 7) is 5.88. The van der Waals surface area contributed by atoms with Crippen molar-refractivity contribution in [3.8, 4) is 0 Å². The summed E-state index contributed by atoms with van der Waals surface area (Å²) >= 11 is 0. The van der Waals surface area contributed by atoms with E-state index in [0.717, 1.165) is 43.1 Å². The number of benzene rings is 1. The number of rotatable bonds is 4. The Hall–Kier alpha value is -2.86. The molecule has 134 valence electrons. The van der Waals surface area contributed by atoms with E-state index in [2.05, 4.69) is 39.5 Å². The number of carbonyl (C=O) groups excluding carboxylic acids is 1. The number of amides is 1. The van der Waals surface area contributed by atoms with Crippen molar-refractivity contribution in [3.05, 3.63) is 65.6 Å². The lowest BCUT2D eigenvalue weighted by Gasteiger charge is -2.28. The molecule has 3 aromatic rings. The number of pyridine rings is 1. The molecule has 0 spiro atoms. The van der Waals surface area contributed by atoms with E-state index < -0.39 is 0 Å². The smallest absolute Gasteiger partial charge is 0.271 e. The van der Waals surface area contributed by atoms with Crippen molar-refractivity contribution >= 4 is 17.2 Å². The van der Waals surface area contributed by atoms with Gasteiger partial charge in [-0.25, -0.2) is 4.98 Å². The van der Waals surface area contributed by atoms with E-state index in [-0.39, 0.29) is 5.91 Å². The maximum absolute atomic E-state index is 12.4. The van der Waals surface area contributed by atoms with Crippen molar-refractivity contribution in [1.82, 2.24) is 14.7 Å². The van der Waals surface area contributed by atoms with E-state index in [1.807, 2.05) is 29.7 Å². The summed E-state index contributed by atoms with van der Waals surface area (Å²) in [5.74, 6) is -0.163. The lowest BCUT2D eigenvalue weighted by Crippen LogP contribution is -2.36. The van der Waals surface area contributed by atoms with Crippen LogP contribution < -0.4 is 10.2 Å². The van der Waals surface area contributed by atoms with Gasteiger partial charge in [-0.15, -0.1) is 0 Å². The molecule has 0 aliphatic carbocycles. The molecular formula is C20H22N4O2. The van der Waals surface area contributed by atoms with Gasteiger partial charge in [0.2, 0.25) is 0 Å². The quantitative estimate of drug-likeness (QED) is 0.785. The molecule has 1 amide bonds. The van der Waals surface area contributed by atoms with Crippen LogP contribution in [0.2, 0.25) is 0 Å². The lowest BCUT2D eigenvalue weighted by atomic mass is 10.2. The number of nitrogens with zero attached hydrogens (tertiary/aromatic N) is 3. The van der Waals surface area contributed by atoms with Crippen molar-refractivity contribution in [2.45, 2.75) is 13.5 Å². The van der Waals surface area contributed by atoms with Gasteiger partial charge in [0.15, 0.2) is 0 Å². The minimum atomic E-state index is -0.163. The normalized spacial score (nSPS) is 14.6. The number of hydrogen-bond acceptors (Lipinski definition) is 4. The van der Waals surface area contributed by atoms with Gasteiger partial charge in [0.25, 0.3) is 5.91 Å². The maximum Gasteiger partial charge on any atom is 0.271 e. The molecule has 1 saturated heterocycles. The Morgan fingerprint density at radius 3 is 2.65 bits per heavy atom. The molecule has 1 fully saturated rings. The highest BCUT2D eigenvalue weighted by atomic mass is 16.5. The molecule has 0 unspecified atom stereocenters. The van der Waals surface area contributed by atoms with Gasteiger partial charge < -0.3 is 19.4 Å². The number of aryl methyl sites for hydroxylation is 1. The van der Waals surface area contributed by atoms with E-state index >= 15 is 0 Å². The Bertz CT molecular complexity index is 911. The molecule has 0 bridgehead atoms. The van der Waals surface area contributed by atoms with Gasteiger partial charge in [0, 0.05) is 37.7 Å². The van der Waals surface area contributed by atoms with Gasteiger partial charge in [-0.2, -0.15) is 0 Å². The molecule has 4 rings (SSSR count). The highest BCUT2D eigenvalue weighted by molar-refractivity contribution is 5.92. The monoisotopic (exact) mass is 350 g/mol. The van der Waals surface area contributed by atoms with Gasteiger partial charge in [-0.3, -0.25) is 4.79 Å². The van der Waals surface area contributed by atoms with Crippen LogP contribution in [0.5, 0.6) is 0 Å². The fourth-order valence-electron chi connectivity index (χ4n) is 3.13. The standard InChI is InChI=1S/C20H22N4O2/c1-15-2-7-19-22-18(14-24(19)13-15)20(25)21-12-16-3-5-17(6-4-16)23-8-10-26-11-9-23/h2-7,13-14H,8-12H2,1H3,(H,21,25). The SMILES string of the molecule is Cc1ccc2nc(C(=O)NCc3ccc(N4CCOCC4)cc3)cn2c1. The van der Waals surface area contributed by atoms with Crippen molar-refractivity contribution in [2.75, 3.05) is 31.2 Å². The molecule has 0 atom stereocenters. The van der Waals surface area contributed by atoms with Gasteiger partial charge in [0.05, 0.1) is 13.2 Å². The van der Waals surface area contributed by atoms with Crippen LogP contribution in [0.1, 0.15) is 21.6 Å².